The highest BCUT2D eigenvalue weighted by Gasteiger charge is 2.18. The first-order chi connectivity index (χ1) is 9.04. The Balaban J connectivity index is 2.53. The van der Waals surface area contributed by atoms with Crippen molar-refractivity contribution in [2.24, 2.45) is 0 Å². The number of nitrogens with two attached hydrogens (primary N) is 1. The van der Waals surface area contributed by atoms with Crippen LogP contribution in [0.4, 0.5) is 5.82 Å². The zero-order chi connectivity index (χ0) is 14.0. The molecule has 3 N–H and O–H groups in total. The van der Waals surface area contributed by atoms with Crippen LogP contribution >= 0.6 is 15.9 Å². The first-order valence-corrected chi connectivity index (χ1v) is 6.98. The van der Waals surface area contributed by atoms with Crippen molar-refractivity contribution in [2.45, 2.75) is 19.9 Å². The molecule has 0 saturated carbocycles. The predicted molar refractivity (Wildman–Crippen MR) is 83.2 cm³/mol. The third-order valence-corrected chi connectivity index (χ3v) is 4.20. The summed E-state index contributed by atoms with van der Waals surface area (Å²) >= 11 is 3.58. The van der Waals surface area contributed by atoms with Crippen LogP contribution in [0.15, 0.2) is 34.9 Å². The summed E-state index contributed by atoms with van der Waals surface area (Å²) in [6.45, 7) is 4.13. The molecule has 100 valence electrons. The van der Waals surface area contributed by atoms with Crippen LogP contribution in [0.1, 0.15) is 28.3 Å². The summed E-state index contributed by atoms with van der Waals surface area (Å²) in [6.07, 6.45) is 1.74. The van der Waals surface area contributed by atoms with Crippen LogP contribution in [-0.4, -0.2) is 12.0 Å². The molecule has 19 heavy (non-hydrogen) atoms. The van der Waals surface area contributed by atoms with Crippen LogP contribution in [0.25, 0.3) is 0 Å². The van der Waals surface area contributed by atoms with Crippen molar-refractivity contribution in [3.8, 4) is 0 Å². The van der Waals surface area contributed by atoms with Gasteiger partial charge in [0.2, 0.25) is 0 Å². The molecule has 1 atom stereocenters. The van der Waals surface area contributed by atoms with Gasteiger partial charge in [-0.15, -0.1) is 0 Å². The smallest absolute Gasteiger partial charge is 0.128 e. The molecule has 2 rings (SSSR count). The van der Waals surface area contributed by atoms with Crippen molar-refractivity contribution in [1.82, 2.24) is 10.3 Å². The van der Waals surface area contributed by atoms with Gasteiger partial charge in [-0.2, -0.15) is 0 Å². The fraction of sp³-hybridized carbons (Fsp3) is 0.267. The number of aromatic nitrogens is 1. The molecule has 0 spiro atoms. The third kappa shape index (κ3) is 2.80. The van der Waals surface area contributed by atoms with E-state index >= 15 is 0 Å². The van der Waals surface area contributed by atoms with Crippen molar-refractivity contribution in [3.63, 3.8) is 0 Å². The van der Waals surface area contributed by atoms with E-state index in [0.717, 1.165) is 15.6 Å². The molecule has 0 fully saturated rings. The zero-order valence-electron chi connectivity index (χ0n) is 11.4. The van der Waals surface area contributed by atoms with Crippen molar-refractivity contribution >= 4 is 21.7 Å². The van der Waals surface area contributed by atoms with E-state index in [-0.39, 0.29) is 6.04 Å². The Labute approximate surface area is 122 Å². The van der Waals surface area contributed by atoms with E-state index in [1.54, 1.807) is 6.20 Å². The van der Waals surface area contributed by atoms with Gasteiger partial charge in [-0.3, -0.25) is 0 Å². The van der Waals surface area contributed by atoms with Gasteiger partial charge in [0, 0.05) is 16.2 Å². The van der Waals surface area contributed by atoms with E-state index in [1.165, 1.54) is 11.1 Å². The Morgan fingerprint density at radius 2 is 1.95 bits per heavy atom. The van der Waals surface area contributed by atoms with Gasteiger partial charge in [-0.05, 0) is 49.7 Å². The highest BCUT2D eigenvalue weighted by Crippen LogP contribution is 2.30. The third-order valence-electron chi connectivity index (χ3n) is 3.35. The molecular weight excluding hydrogens is 302 g/mol. The van der Waals surface area contributed by atoms with Crippen LogP contribution in [0.5, 0.6) is 0 Å². The number of nitrogens with one attached hydrogen (secondary N) is 1. The number of nitrogen functional groups attached to an aromatic ring is 1. The predicted octanol–water partition coefficient (Wildman–Crippen LogP) is 3.35. The molecule has 1 heterocycles. The van der Waals surface area contributed by atoms with Crippen molar-refractivity contribution in [3.05, 3.63) is 57.2 Å². The van der Waals surface area contributed by atoms with E-state index in [1.807, 2.05) is 13.1 Å². The summed E-state index contributed by atoms with van der Waals surface area (Å²) in [6, 6.07) is 8.38. The number of pyridine rings is 1. The quantitative estimate of drug-likeness (QED) is 0.912. The number of aryl methyl sites for hydroxylation is 2. The van der Waals surface area contributed by atoms with Gasteiger partial charge in [0.25, 0.3) is 0 Å². The molecule has 1 aromatic heterocycles. The van der Waals surface area contributed by atoms with Crippen LogP contribution in [0, 0.1) is 13.8 Å². The van der Waals surface area contributed by atoms with Gasteiger partial charge < -0.3 is 11.1 Å². The molecule has 2 aromatic rings. The molecule has 1 aromatic carbocycles. The molecule has 0 aliphatic rings. The number of anilines is 1. The van der Waals surface area contributed by atoms with E-state index < -0.39 is 0 Å². The lowest BCUT2D eigenvalue weighted by Gasteiger charge is -2.21. The van der Waals surface area contributed by atoms with E-state index in [0.29, 0.717) is 5.82 Å². The maximum Gasteiger partial charge on any atom is 0.128 e. The summed E-state index contributed by atoms with van der Waals surface area (Å²) < 4.78 is 1.10. The summed E-state index contributed by atoms with van der Waals surface area (Å²) in [7, 11) is 1.93. The van der Waals surface area contributed by atoms with Crippen molar-refractivity contribution in [1.29, 1.82) is 0 Å². The maximum absolute atomic E-state index is 6.04. The van der Waals surface area contributed by atoms with Crippen molar-refractivity contribution in [2.75, 3.05) is 12.8 Å². The van der Waals surface area contributed by atoms with E-state index in [2.05, 4.69) is 58.3 Å². The molecule has 0 aliphatic heterocycles. The lowest BCUT2D eigenvalue weighted by molar-refractivity contribution is 0.686. The Morgan fingerprint density at radius 1 is 1.21 bits per heavy atom. The summed E-state index contributed by atoms with van der Waals surface area (Å²) in [4.78, 5) is 4.20. The topological polar surface area (TPSA) is 50.9 Å². The number of rotatable bonds is 3. The molecular formula is C15H18BrN3. The normalized spacial score (nSPS) is 12.4. The molecule has 4 heteroatoms. The first kappa shape index (κ1) is 14.0. The van der Waals surface area contributed by atoms with Gasteiger partial charge in [-0.25, -0.2) is 4.98 Å². The van der Waals surface area contributed by atoms with Gasteiger partial charge in [0.05, 0.1) is 6.04 Å². The molecule has 0 bridgehead atoms. The van der Waals surface area contributed by atoms with Gasteiger partial charge >= 0.3 is 0 Å². The summed E-state index contributed by atoms with van der Waals surface area (Å²) in [5.74, 6) is 0.580. The van der Waals surface area contributed by atoms with Crippen LogP contribution in [-0.2, 0) is 0 Å². The monoisotopic (exact) mass is 319 g/mol. The highest BCUT2D eigenvalue weighted by atomic mass is 79.9. The Kier molecular flexibility index (Phi) is 4.22. The fourth-order valence-corrected chi connectivity index (χ4v) is 2.63. The average molecular weight is 320 g/mol. The fourth-order valence-electron chi connectivity index (χ4n) is 2.23. The maximum atomic E-state index is 6.04. The Bertz CT molecular complexity index is 576. The second kappa shape index (κ2) is 5.72. The number of nitrogens with zero attached hydrogens (tertiary/aromatic N) is 1. The second-order valence-electron chi connectivity index (χ2n) is 4.66. The number of halogens is 1. The van der Waals surface area contributed by atoms with Crippen LogP contribution in [0.3, 0.4) is 0 Å². The number of benzene rings is 1. The molecule has 0 radical (unpaired) electrons. The van der Waals surface area contributed by atoms with Gasteiger partial charge in [0.15, 0.2) is 0 Å². The molecule has 0 aliphatic carbocycles. The molecule has 3 nitrogen and oxygen atoms in total. The summed E-state index contributed by atoms with van der Waals surface area (Å²) in [5.41, 5.74) is 10.6. The summed E-state index contributed by atoms with van der Waals surface area (Å²) in [5, 5.41) is 3.32. The number of hydrogen-bond donors (Lipinski definition) is 2. The number of hydrogen-bond acceptors (Lipinski definition) is 3. The Morgan fingerprint density at radius 3 is 2.53 bits per heavy atom. The van der Waals surface area contributed by atoms with Gasteiger partial charge in [-0.1, -0.05) is 28.1 Å². The van der Waals surface area contributed by atoms with E-state index in [4.69, 9.17) is 5.73 Å². The lowest BCUT2D eigenvalue weighted by atomic mass is 9.95. The minimum absolute atomic E-state index is 0.0469. The molecule has 1 unspecified atom stereocenters. The minimum Gasteiger partial charge on any atom is -0.383 e. The highest BCUT2D eigenvalue weighted by molar-refractivity contribution is 9.10. The second-order valence-corrected chi connectivity index (χ2v) is 5.51. The SMILES string of the molecule is CNC(c1ccc(C)c(Br)c1)c1c(C)ccnc1N. The zero-order valence-corrected chi connectivity index (χ0v) is 13.0. The first-order valence-electron chi connectivity index (χ1n) is 6.19. The molecule has 0 saturated heterocycles. The van der Waals surface area contributed by atoms with Crippen LogP contribution < -0.4 is 11.1 Å². The van der Waals surface area contributed by atoms with Crippen LogP contribution in [0.2, 0.25) is 0 Å². The minimum atomic E-state index is 0.0469. The van der Waals surface area contributed by atoms with E-state index in [9.17, 15) is 0 Å². The lowest BCUT2D eigenvalue weighted by Crippen LogP contribution is -2.20. The standard InChI is InChI=1S/C15H18BrN3/c1-9-4-5-11(8-12(9)16)14(18-3)13-10(2)6-7-19-15(13)17/h4-8,14,18H,1-3H3,(H2,17,19). The van der Waals surface area contributed by atoms with Gasteiger partial charge in [0.1, 0.15) is 5.82 Å². The largest absolute Gasteiger partial charge is 0.383 e. The van der Waals surface area contributed by atoms with Crippen molar-refractivity contribution < 1.29 is 0 Å². The average Bonchev–Trinajstić information content (AvgIpc) is 2.37. The Hall–Kier alpha value is -1.39. The molecule has 0 amide bonds.